The van der Waals surface area contributed by atoms with Gasteiger partial charge < -0.3 is 5.32 Å². The maximum Gasteiger partial charge on any atom is 0.295 e. The van der Waals surface area contributed by atoms with Crippen molar-refractivity contribution < 1.29 is 4.79 Å². The Kier molecular flexibility index (Phi) is 6.88. The number of hydrogen-bond acceptors (Lipinski definition) is 3. The minimum Gasteiger partial charge on any atom is -0.319 e. The van der Waals surface area contributed by atoms with Gasteiger partial charge in [0.1, 0.15) is 0 Å². The third-order valence-corrected chi connectivity index (χ3v) is 6.18. The van der Waals surface area contributed by atoms with Crippen LogP contribution >= 0.6 is 39.1 Å². The molecule has 0 aliphatic carbocycles. The van der Waals surface area contributed by atoms with E-state index in [9.17, 15) is 4.79 Å². The Morgan fingerprint density at radius 3 is 2.39 bits per heavy atom. The zero-order valence-electron chi connectivity index (χ0n) is 18.2. The van der Waals surface area contributed by atoms with Crippen LogP contribution in [0.25, 0.3) is 17.1 Å². The molecule has 4 aromatic rings. The summed E-state index contributed by atoms with van der Waals surface area (Å²) in [5, 5.41) is 8.71. The Labute approximate surface area is 210 Å². The highest BCUT2D eigenvalue weighted by atomic mass is 79.9. The van der Waals surface area contributed by atoms with E-state index in [4.69, 9.17) is 23.2 Å². The Morgan fingerprint density at radius 1 is 1.00 bits per heavy atom. The summed E-state index contributed by atoms with van der Waals surface area (Å²) >= 11 is 15.8. The summed E-state index contributed by atoms with van der Waals surface area (Å²) in [6.45, 7) is 6.10. The van der Waals surface area contributed by atoms with Crippen molar-refractivity contribution in [2.75, 3.05) is 5.32 Å². The molecule has 0 aliphatic heterocycles. The lowest BCUT2D eigenvalue weighted by atomic mass is 10.0. The normalized spacial score (nSPS) is 11.1. The Bertz CT molecular complexity index is 1330. The monoisotopic (exact) mass is 542 g/mol. The summed E-state index contributed by atoms with van der Waals surface area (Å²) in [6.07, 6.45) is 0. The number of hydrogen-bond donors (Lipinski definition) is 1. The second kappa shape index (κ2) is 9.67. The van der Waals surface area contributed by atoms with Crippen LogP contribution < -0.4 is 5.32 Å². The largest absolute Gasteiger partial charge is 0.319 e. The number of anilines is 1. The van der Waals surface area contributed by atoms with Gasteiger partial charge in [-0.25, -0.2) is 9.67 Å². The van der Waals surface area contributed by atoms with Gasteiger partial charge in [-0.1, -0.05) is 59.0 Å². The first-order chi connectivity index (χ1) is 15.7. The fourth-order valence-electron chi connectivity index (χ4n) is 3.48. The molecule has 168 valence electrons. The van der Waals surface area contributed by atoms with Gasteiger partial charge >= 0.3 is 0 Å². The van der Waals surface area contributed by atoms with Gasteiger partial charge in [0.05, 0.1) is 5.69 Å². The average molecular weight is 544 g/mol. The predicted molar refractivity (Wildman–Crippen MR) is 138 cm³/mol. The number of carbonyl (C=O) groups is 1. The molecule has 0 spiro atoms. The van der Waals surface area contributed by atoms with E-state index in [1.807, 2.05) is 49.4 Å². The Morgan fingerprint density at radius 2 is 1.70 bits per heavy atom. The van der Waals surface area contributed by atoms with Crippen molar-refractivity contribution in [2.24, 2.45) is 0 Å². The highest BCUT2D eigenvalue weighted by Crippen LogP contribution is 2.29. The average Bonchev–Trinajstić information content (AvgIpc) is 3.22. The summed E-state index contributed by atoms with van der Waals surface area (Å²) in [7, 11) is 0. The number of nitrogens with one attached hydrogen (secondary N) is 1. The lowest BCUT2D eigenvalue weighted by Gasteiger charge is -2.13. The molecular weight excluding hydrogens is 523 g/mol. The molecule has 0 radical (unpaired) electrons. The van der Waals surface area contributed by atoms with Crippen LogP contribution in [0.15, 0.2) is 65.1 Å². The van der Waals surface area contributed by atoms with Crippen molar-refractivity contribution in [3.8, 4) is 17.1 Å². The van der Waals surface area contributed by atoms with Crippen LogP contribution in [0.3, 0.4) is 0 Å². The van der Waals surface area contributed by atoms with Crippen molar-refractivity contribution in [1.82, 2.24) is 14.8 Å². The van der Waals surface area contributed by atoms with Crippen LogP contribution in [0, 0.1) is 6.92 Å². The van der Waals surface area contributed by atoms with Crippen LogP contribution in [-0.2, 0) is 0 Å². The van der Waals surface area contributed by atoms with Crippen molar-refractivity contribution in [2.45, 2.75) is 26.7 Å². The third-order valence-electron chi connectivity index (χ3n) is 5.20. The lowest BCUT2D eigenvalue weighted by molar-refractivity contribution is 0.101. The molecule has 33 heavy (non-hydrogen) atoms. The van der Waals surface area contributed by atoms with Crippen LogP contribution in [-0.4, -0.2) is 20.7 Å². The Hall–Kier alpha value is -2.67. The number of aryl methyl sites for hydroxylation is 1. The highest BCUT2D eigenvalue weighted by Gasteiger charge is 2.21. The molecule has 0 atom stereocenters. The molecule has 0 bridgehead atoms. The third kappa shape index (κ3) is 5.13. The molecule has 1 heterocycles. The number of benzene rings is 3. The first-order valence-electron chi connectivity index (χ1n) is 10.3. The summed E-state index contributed by atoms with van der Waals surface area (Å²) in [6, 6.07) is 18.5. The summed E-state index contributed by atoms with van der Waals surface area (Å²) in [5.74, 6) is 0.397. The summed E-state index contributed by atoms with van der Waals surface area (Å²) in [4.78, 5) is 17.8. The minimum absolute atomic E-state index is 0.0527. The number of amides is 1. The van der Waals surface area contributed by atoms with Gasteiger partial charge in [-0.3, -0.25) is 4.79 Å². The quantitative estimate of drug-likeness (QED) is 0.280. The van der Waals surface area contributed by atoms with E-state index in [2.05, 4.69) is 45.2 Å². The molecule has 1 N–H and O–H groups in total. The second-order valence-electron chi connectivity index (χ2n) is 7.95. The second-order valence-corrected chi connectivity index (χ2v) is 9.74. The molecular formula is C25H21BrCl2N4O. The van der Waals surface area contributed by atoms with Crippen LogP contribution in [0.1, 0.15) is 41.5 Å². The standard InChI is InChI=1S/C25H21BrCl2N4O/c1-14(2)20-12-17(26)7-11-21(20)29-25(33)23-30-24(16-5-9-18(27)10-6-16)32(31-23)22-13-19(28)8-4-15(22)3/h4-14H,1-3H3,(H,29,33). The first kappa shape index (κ1) is 23.5. The molecule has 0 fully saturated rings. The molecule has 5 nitrogen and oxygen atoms in total. The predicted octanol–water partition coefficient (Wildman–Crippen LogP) is 7.69. The SMILES string of the molecule is Cc1ccc(Cl)cc1-n1nc(C(=O)Nc2ccc(Br)cc2C(C)C)nc1-c1ccc(Cl)cc1. The number of nitrogens with zero attached hydrogens (tertiary/aromatic N) is 3. The van der Waals surface area contributed by atoms with E-state index < -0.39 is 5.91 Å². The number of aromatic nitrogens is 3. The molecule has 0 aliphatic rings. The zero-order chi connectivity index (χ0) is 23.7. The van der Waals surface area contributed by atoms with Gasteiger partial charge in [0.25, 0.3) is 5.91 Å². The maximum atomic E-state index is 13.2. The van der Waals surface area contributed by atoms with Gasteiger partial charge in [0, 0.05) is 25.8 Å². The number of halogens is 3. The van der Waals surface area contributed by atoms with Crippen LogP contribution in [0.5, 0.6) is 0 Å². The lowest BCUT2D eigenvalue weighted by Crippen LogP contribution is -2.16. The van der Waals surface area contributed by atoms with E-state index in [1.165, 1.54) is 0 Å². The smallest absolute Gasteiger partial charge is 0.295 e. The first-order valence-corrected chi connectivity index (χ1v) is 11.9. The minimum atomic E-state index is -0.395. The van der Waals surface area contributed by atoms with E-state index in [0.717, 1.165) is 32.5 Å². The summed E-state index contributed by atoms with van der Waals surface area (Å²) in [5.41, 5.74) is 4.20. The fourth-order valence-corrected chi connectivity index (χ4v) is 4.15. The molecule has 1 amide bonds. The van der Waals surface area contributed by atoms with Gasteiger partial charge in [-0.2, -0.15) is 0 Å². The van der Waals surface area contributed by atoms with Crippen LogP contribution in [0.2, 0.25) is 10.0 Å². The van der Waals surface area contributed by atoms with Gasteiger partial charge in [0.2, 0.25) is 5.82 Å². The number of rotatable bonds is 5. The molecule has 3 aromatic carbocycles. The van der Waals surface area contributed by atoms with E-state index >= 15 is 0 Å². The van der Waals surface area contributed by atoms with Crippen LogP contribution in [0.4, 0.5) is 5.69 Å². The molecule has 4 rings (SSSR count). The molecule has 0 saturated heterocycles. The Balaban J connectivity index is 1.79. The highest BCUT2D eigenvalue weighted by molar-refractivity contribution is 9.10. The van der Waals surface area contributed by atoms with E-state index in [1.54, 1.807) is 22.9 Å². The molecule has 1 aromatic heterocycles. The maximum absolute atomic E-state index is 13.2. The molecule has 8 heteroatoms. The van der Waals surface area contributed by atoms with Crippen molar-refractivity contribution in [3.05, 3.63) is 92.1 Å². The number of carbonyl (C=O) groups excluding carboxylic acids is 1. The van der Waals surface area contributed by atoms with Crippen molar-refractivity contribution in [3.63, 3.8) is 0 Å². The van der Waals surface area contributed by atoms with Gasteiger partial charge in [-0.05, 0) is 78.6 Å². The molecule has 0 saturated carbocycles. The van der Waals surface area contributed by atoms with E-state index in [0.29, 0.717) is 15.9 Å². The molecule has 0 unspecified atom stereocenters. The van der Waals surface area contributed by atoms with Crippen molar-refractivity contribution in [1.29, 1.82) is 0 Å². The fraction of sp³-hybridized carbons (Fsp3) is 0.160. The van der Waals surface area contributed by atoms with Crippen molar-refractivity contribution >= 4 is 50.7 Å². The van der Waals surface area contributed by atoms with Gasteiger partial charge in [0.15, 0.2) is 5.82 Å². The van der Waals surface area contributed by atoms with E-state index in [-0.39, 0.29) is 11.7 Å². The van der Waals surface area contributed by atoms with Gasteiger partial charge in [-0.15, -0.1) is 5.10 Å². The topological polar surface area (TPSA) is 59.8 Å². The summed E-state index contributed by atoms with van der Waals surface area (Å²) < 4.78 is 2.60. The zero-order valence-corrected chi connectivity index (χ0v) is 21.3.